The monoisotopic (exact) mass is 333 g/mol. The van der Waals surface area contributed by atoms with Crippen LogP contribution in [0.2, 0.25) is 0 Å². The van der Waals surface area contributed by atoms with Crippen LogP contribution in [-0.2, 0) is 15.9 Å². The maximum absolute atomic E-state index is 13.4. The molecule has 118 valence electrons. The van der Waals surface area contributed by atoms with Crippen LogP contribution in [0.1, 0.15) is 38.7 Å². The van der Waals surface area contributed by atoms with Gasteiger partial charge in [0.1, 0.15) is 5.82 Å². The van der Waals surface area contributed by atoms with Gasteiger partial charge in [0.2, 0.25) is 10.0 Å². The molecule has 2 rings (SSSR count). The Labute approximate surface area is 131 Å². The molecule has 1 aromatic rings. The van der Waals surface area contributed by atoms with E-state index in [4.69, 9.17) is 11.6 Å². The van der Waals surface area contributed by atoms with Gasteiger partial charge in [0.25, 0.3) is 0 Å². The zero-order valence-corrected chi connectivity index (χ0v) is 14.0. The third kappa shape index (κ3) is 3.41. The summed E-state index contributed by atoms with van der Waals surface area (Å²) in [5.41, 5.74) is 0.644. The molecular weight excluding hydrogens is 313 g/mol. The van der Waals surface area contributed by atoms with Crippen LogP contribution < -0.4 is 0 Å². The smallest absolute Gasteiger partial charge is 0.207 e. The van der Waals surface area contributed by atoms with Crippen molar-refractivity contribution in [2.45, 2.75) is 43.9 Å². The standard InChI is InChI=1S/C15H21ClFNO2S/c1-3-15(2)6-8-18(9-7-15)21(19,20)14-10-13(17)5-4-12(14)11-16/h4-5,10H,3,6-9,11H2,1-2H3. The molecule has 21 heavy (non-hydrogen) atoms. The molecule has 0 saturated carbocycles. The van der Waals surface area contributed by atoms with Crippen LogP contribution in [0.5, 0.6) is 0 Å². The lowest BCUT2D eigenvalue weighted by molar-refractivity contribution is 0.169. The molecule has 0 amide bonds. The van der Waals surface area contributed by atoms with Crippen molar-refractivity contribution in [3.8, 4) is 0 Å². The summed E-state index contributed by atoms with van der Waals surface area (Å²) in [6.45, 7) is 5.27. The van der Waals surface area contributed by atoms with Gasteiger partial charge in [-0.15, -0.1) is 11.6 Å². The molecule has 0 unspecified atom stereocenters. The van der Waals surface area contributed by atoms with E-state index in [1.165, 1.54) is 16.4 Å². The number of rotatable bonds is 4. The summed E-state index contributed by atoms with van der Waals surface area (Å²) in [4.78, 5) is -0.00222. The van der Waals surface area contributed by atoms with Gasteiger partial charge < -0.3 is 0 Å². The van der Waals surface area contributed by atoms with Gasteiger partial charge in [-0.1, -0.05) is 26.3 Å². The largest absolute Gasteiger partial charge is 0.243 e. The van der Waals surface area contributed by atoms with Crippen LogP contribution in [0.4, 0.5) is 4.39 Å². The van der Waals surface area contributed by atoms with Crippen molar-refractivity contribution < 1.29 is 12.8 Å². The Bertz CT molecular complexity index is 610. The molecule has 1 heterocycles. The molecule has 1 saturated heterocycles. The Morgan fingerprint density at radius 2 is 1.95 bits per heavy atom. The molecular formula is C15H21ClFNO2S. The van der Waals surface area contributed by atoms with Crippen LogP contribution >= 0.6 is 11.6 Å². The summed E-state index contributed by atoms with van der Waals surface area (Å²) in [6.07, 6.45) is 2.69. The molecule has 0 radical (unpaired) electrons. The molecule has 0 aliphatic carbocycles. The fourth-order valence-corrected chi connectivity index (χ4v) is 4.62. The number of alkyl halides is 1. The fraction of sp³-hybridized carbons (Fsp3) is 0.600. The van der Waals surface area contributed by atoms with Gasteiger partial charge in [0.05, 0.1) is 4.90 Å². The van der Waals surface area contributed by atoms with Gasteiger partial charge in [0.15, 0.2) is 0 Å². The summed E-state index contributed by atoms with van der Waals surface area (Å²) < 4.78 is 40.3. The van der Waals surface area contributed by atoms with Gasteiger partial charge >= 0.3 is 0 Å². The van der Waals surface area contributed by atoms with Crippen molar-refractivity contribution in [2.75, 3.05) is 13.1 Å². The van der Waals surface area contributed by atoms with Crippen LogP contribution in [0.15, 0.2) is 23.1 Å². The van der Waals surface area contributed by atoms with E-state index in [-0.39, 0.29) is 16.2 Å². The first kappa shape index (κ1) is 16.7. The molecule has 0 N–H and O–H groups in total. The van der Waals surface area contributed by atoms with Crippen LogP contribution in [0, 0.1) is 11.2 Å². The highest BCUT2D eigenvalue weighted by Crippen LogP contribution is 2.36. The molecule has 1 fully saturated rings. The van der Waals surface area contributed by atoms with Crippen molar-refractivity contribution in [3.05, 3.63) is 29.6 Å². The summed E-state index contributed by atoms with van der Waals surface area (Å²) >= 11 is 5.79. The Balaban J connectivity index is 2.30. The van der Waals surface area contributed by atoms with E-state index in [0.717, 1.165) is 25.3 Å². The zero-order chi connectivity index (χ0) is 15.7. The van der Waals surface area contributed by atoms with E-state index in [9.17, 15) is 12.8 Å². The zero-order valence-electron chi connectivity index (χ0n) is 12.4. The second-order valence-electron chi connectivity index (χ2n) is 5.95. The number of benzene rings is 1. The first-order valence-corrected chi connectivity index (χ1v) is 9.14. The van der Waals surface area contributed by atoms with E-state index < -0.39 is 15.8 Å². The Hall–Kier alpha value is -0.650. The van der Waals surface area contributed by atoms with E-state index >= 15 is 0 Å². The summed E-state index contributed by atoms with van der Waals surface area (Å²) in [7, 11) is -3.68. The van der Waals surface area contributed by atoms with Gasteiger partial charge in [-0.25, -0.2) is 12.8 Å². The first-order chi connectivity index (χ1) is 9.82. The summed E-state index contributed by atoms with van der Waals surface area (Å²) in [6, 6.07) is 3.75. The number of sulfonamides is 1. The Morgan fingerprint density at radius 1 is 1.33 bits per heavy atom. The van der Waals surface area contributed by atoms with Crippen LogP contribution in [-0.4, -0.2) is 25.8 Å². The van der Waals surface area contributed by atoms with E-state index in [0.29, 0.717) is 18.7 Å². The molecule has 0 bridgehead atoms. The lowest BCUT2D eigenvalue weighted by atomic mass is 9.79. The summed E-state index contributed by atoms with van der Waals surface area (Å²) in [5, 5.41) is 0. The quantitative estimate of drug-likeness (QED) is 0.787. The normalized spacial score (nSPS) is 19.6. The second-order valence-corrected chi connectivity index (χ2v) is 8.13. The van der Waals surface area contributed by atoms with Crippen molar-refractivity contribution in [1.29, 1.82) is 0 Å². The predicted molar refractivity (Wildman–Crippen MR) is 82.3 cm³/mol. The van der Waals surface area contributed by atoms with Crippen molar-refractivity contribution in [1.82, 2.24) is 4.31 Å². The third-order valence-corrected chi connectivity index (χ3v) is 6.84. The Kier molecular flexibility index (Phi) is 4.96. The lowest BCUT2D eigenvalue weighted by Gasteiger charge is -2.38. The molecule has 1 aliphatic heterocycles. The number of hydrogen-bond donors (Lipinski definition) is 0. The average molecular weight is 334 g/mol. The minimum atomic E-state index is -3.68. The second kappa shape index (κ2) is 6.23. The van der Waals surface area contributed by atoms with Gasteiger partial charge in [-0.3, -0.25) is 0 Å². The van der Waals surface area contributed by atoms with Crippen molar-refractivity contribution in [2.24, 2.45) is 5.41 Å². The molecule has 0 spiro atoms. The van der Waals surface area contributed by atoms with Gasteiger partial charge in [0, 0.05) is 19.0 Å². The first-order valence-electron chi connectivity index (χ1n) is 7.17. The SMILES string of the molecule is CCC1(C)CCN(S(=O)(=O)c2cc(F)ccc2CCl)CC1. The maximum Gasteiger partial charge on any atom is 0.243 e. The minimum Gasteiger partial charge on any atom is -0.207 e. The molecule has 1 aliphatic rings. The lowest BCUT2D eigenvalue weighted by Crippen LogP contribution is -2.42. The fourth-order valence-electron chi connectivity index (χ4n) is 2.64. The average Bonchev–Trinajstić information content (AvgIpc) is 2.47. The third-order valence-electron chi connectivity index (χ3n) is 4.57. The highest BCUT2D eigenvalue weighted by atomic mass is 35.5. The minimum absolute atomic E-state index is 0.00222. The molecule has 0 aromatic heterocycles. The van der Waals surface area contributed by atoms with Crippen molar-refractivity contribution >= 4 is 21.6 Å². The van der Waals surface area contributed by atoms with E-state index in [2.05, 4.69) is 13.8 Å². The highest BCUT2D eigenvalue weighted by molar-refractivity contribution is 7.89. The maximum atomic E-state index is 13.4. The van der Waals surface area contributed by atoms with Crippen molar-refractivity contribution in [3.63, 3.8) is 0 Å². The number of halogens is 2. The van der Waals surface area contributed by atoms with Crippen LogP contribution in [0.25, 0.3) is 0 Å². The summed E-state index contributed by atoms with van der Waals surface area (Å²) in [5.74, 6) is -0.507. The molecule has 3 nitrogen and oxygen atoms in total. The number of nitrogens with zero attached hydrogens (tertiary/aromatic N) is 1. The topological polar surface area (TPSA) is 37.4 Å². The molecule has 0 atom stereocenters. The van der Waals surface area contributed by atoms with Gasteiger partial charge in [-0.05, 0) is 36.0 Å². The predicted octanol–water partition coefficient (Wildman–Crippen LogP) is 3.77. The number of hydrogen-bond acceptors (Lipinski definition) is 2. The van der Waals surface area contributed by atoms with E-state index in [1.807, 2.05) is 0 Å². The molecule has 6 heteroatoms. The molecule has 1 aromatic carbocycles. The van der Waals surface area contributed by atoms with Crippen LogP contribution in [0.3, 0.4) is 0 Å². The Morgan fingerprint density at radius 3 is 2.48 bits per heavy atom. The highest BCUT2D eigenvalue weighted by Gasteiger charge is 2.35. The van der Waals surface area contributed by atoms with E-state index in [1.54, 1.807) is 0 Å². The van der Waals surface area contributed by atoms with Gasteiger partial charge in [-0.2, -0.15) is 4.31 Å². The number of piperidine rings is 1.